The molecule has 132 valence electrons. The second kappa shape index (κ2) is 7.35. The Hall–Kier alpha value is -3.58. The number of pyridine rings is 1. The summed E-state index contributed by atoms with van der Waals surface area (Å²) in [5, 5.41) is 18.1. The summed E-state index contributed by atoms with van der Waals surface area (Å²) in [7, 11) is 0. The van der Waals surface area contributed by atoms with E-state index in [4.69, 9.17) is 11.6 Å². The molecule has 0 aliphatic heterocycles. The predicted octanol–water partition coefficient (Wildman–Crippen LogP) is 3.72. The van der Waals surface area contributed by atoms with Crippen LogP contribution >= 0.6 is 11.6 Å². The number of nitrogens with one attached hydrogen (secondary N) is 2. The number of hydrogen-bond donors (Lipinski definition) is 2. The van der Waals surface area contributed by atoms with Gasteiger partial charge in [0.25, 0.3) is 0 Å². The summed E-state index contributed by atoms with van der Waals surface area (Å²) >= 11 is 6.00. The molecule has 0 saturated carbocycles. The van der Waals surface area contributed by atoms with Crippen molar-refractivity contribution in [2.24, 2.45) is 0 Å². The van der Waals surface area contributed by atoms with E-state index in [1.807, 2.05) is 24.3 Å². The number of hydrogen-bond acceptors (Lipinski definition) is 5. The van der Waals surface area contributed by atoms with Crippen LogP contribution in [0.15, 0.2) is 60.7 Å². The molecule has 0 bridgehead atoms. The van der Waals surface area contributed by atoms with E-state index in [2.05, 4.69) is 30.9 Å². The first-order valence-corrected chi connectivity index (χ1v) is 8.44. The number of benzene rings is 2. The van der Waals surface area contributed by atoms with Gasteiger partial charge in [-0.1, -0.05) is 23.7 Å². The number of tetrazole rings is 1. The van der Waals surface area contributed by atoms with Crippen molar-refractivity contribution in [3.63, 3.8) is 0 Å². The molecule has 0 aliphatic carbocycles. The zero-order valence-corrected chi connectivity index (χ0v) is 14.7. The lowest BCUT2D eigenvalue weighted by atomic mass is 10.2. The second-order valence-corrected chi connectivity index (χ2v) is 6.14. The maximum absolute atomic E-state index is 12.1. The standard InChI is InChI=1S/C19H13ClN6O/c20-14-5-1-12-2-6-15(21-17(12)11-14)9-10-18(27)22-16-7-3-13(4-8-16)19-23-25-26-24-19/h1-11H,(H,22,27)(H,23,24,25,26)/b10-9+. The van der Waals surface area contributed by atoms with Gasteiger partial charge in [0, 0.05) is 27.7 Å². The Bertz CT molecular complexity index is 1120. The Morgan fingerprint density at radius 3 is 2.67 bits per heavy atom. The highest BCUT2D eigenvalue weighted by molar-refractivity contribution is 6.31. The van der Waals surface area contributed by atoms with E-state index in [0.717, 1.165) is 16.5 Å². The fourth-order valence-electron chi connectivity index (χ4n) is 2.53. The molecule has 8 heteroatoms. The third-order valence-electron chi connectivity index (χ3n) is 3.84. The van der Waals surface area contributed by atoms with Gasteiger partial charge in [-0.2, -0.15) is 5.21 Å². The smallest absolute Gasteiger partial charge is 0.248 e. The van der Waals surface area contributed by atoms with E-state index in [-0.39, 0.29) is 5.91 Å². The first kappa shape index (κ1) is 16.9. The SMILES string of the molecule is O=C(/C=C/c1ccc2ccc(Cl)cc2n1)Nc1ccc(-c2nn[nH]n2)cc1. The molecular weight excluding hydrogens is 364 g/mol. The summed E-state index contributed by atoms with van der Waals surface area (Å²) in [6.07, 6.45) is 3.09. The van der Waals surface area contributed by atoms with Crippen LogP contribution in [0.2, 0.25) is 5.02 Å². The molecule has 2 aromatic heterocycles. The average molecular weight is 377 g/mol. The highest BCUT2D eigenvalue weighted by atomic mass is 35.5. The first-order valence-electron chi connectivity index (χ1n) is 8.07. The van der Waals surface area contributed by atoms with Crippen molar-refractivity contribution in [1.29, 1.82) is 0 Å². The van der Waals surface area contributed by atoms with Crippen LogP contribution < -0.4 is 5.32 Å². The van der Waals surface area contributed by atoms with E-state index in [0.29, 0.717) is 22.2 Å². The third-order valence-corrected chi connectivity index (χ3v) is 4.07. The molecule has 4 aromatic rings. The molecule has 0 saturated heterocycles. The second-order valence-electron chi connectivity index (χ2n) is 5.71. The van der Waals surface area contributed by atoms with Gasteiger partial charge < -0.3 is 5.32 Å². The molecule has 7 nitrogen and oxygen atoms in total. The molecule has 2 heterocycles. The minimum atomic E-state index is -0.254. The number of aromatic amines is 1. The highest BCUT2D eigenvalue weighted by Crippen LogP contribution is 2.19. The normalized spacial score (nSPS) is 11.1. The van der Waals surface area contributed by atoms with Gasteiger partial charge >= 0.3 is 0 Å². The molecule has 0 unspecified atom stereocenters. The van der Waals surface area contributed by atoms with Crippen molar-refractivity contribution in [1.82, 2.24) is 25.6 Å². The predicted molar refractivity (Wildman–Crippen MR) is 104 cm³/mol. The molecule has 0 atom stereocenters. The third kappa shape index (κ3) is 3.99. The molecule has 27 heavy (non-hydrogen) atoms. The number of halogens is 1. The number of anilines is 1. The maximum Gasteiger partial charge on any atom is 0.248 e. The number of amides is 1. The molecular formula is C19H13ClN6O. The molecule has 0 radical (unpaired) electrons. The summed E-state index contributed by atoms with van der Waals surface area (Å²) in [5.41, 5.74) is 2.92. The Morgan fingerprint density at radius 2 is 1.89 bits per heavy atom. The van der Waals surface area contributed by atoms with Crippen molar-refractivity contribution in [2.75, 3.05) is 5.32 Å². The maximum atomic E-state index is 12.1. The number of carbonyl (C=O) groups is 1. The highest BCUT2D eigenvalue weighted by Gasteiger charge is 2.04. The van der Waals surface area contributed by atoms with Gasteiger partial charge in [-0.15, -0.1) is 10.2 Å². The number of fused-ring (bicyclic) bond motifs is 1. The lowest BCUT2D eigenvalue weighted by Gasteiger charge is -2.03. The summed E-state index contributed by atoms with van der Waals surface area (Å²) in [5.74, 6) is 0.241. The number of carbonyl (C=O) groups excluding carboxylic acids is 1. The van der Waals surface area contributed by atoms with Crippen molar-refractivity contribution in [3.8, 4) is 11.4 Å². The zero-order valence-electron chi connectivity index (χ0n) is 13.9. The van der Waals surface area contributed by atoms with Gasteiger partial charge in [0.2, 0.25) is 11.7 Å². The van der Waals surface area contributed by atoms with E-state index >= 15 is 0 Å². The topological polar surface area (TPSA) is 96.5 Å². The Kier molecular flexibility index (Phi) is 4.59. The quantitative estimate of drug-likeness (QED) is 0.529. The summed E-state index contributed by atoms with van der Waals surface area (Å²) in [6.45, 7) is 0. The molecule has 2 aromatic carbocycles. The fourth-order valence-corrected chi connectivity index (χ4v) is 2.70. The molecule has 0 spiro atoms. The Balaban J connectivity index is 1.44. The van der Waals surface area contributed by atoms with Crippen molar-refractivity contribution >= 4 is 40.2 Å². The molecule has 2 N–H and O–H groups in total. The van der Waals surface area contributed by atoms with Gasteiger partial charge in [0.1, 0.15) is 0 Å². The van der Waals surface area contributed by atoms with Crippen LogP contribution in [0.3, 0.4) is 0 Å². The first-order chi connectivity index (χ1) is 13.2. The summed E-state index contributed by atoms with van der Waals surface area (Å²) in [4.78, 5) is 16.6. The fraction of sp³-hybridized carbons (Fsp3) is 0. The summed E-state index contributed by atoms with van der Waals surface area (Å²) < 4.78 is 0. The zero-order chi connectivity index (χ0) is 18.6. The van der Waals surface area contributed by atoms with Crippen LogP contribution in [-0.4, -0.2) is 31.5 Å². The average Bonchev–Trinajstić information content (AvgIpc) is 3.21. The van der Waals surface area contributed by atoms with Crippen LogP contribution in [0.4, 0.5) is 5.69 Å². The Labute approximate surface area is 159 Å². The summed E-state index contributed by atoms with van der Waals surface area (Å²) in [6, 6.07) is 16.5. The van der Waals surface area contributed by atoms with Crippen LogP contribution in [0.5, 0.6) is 0 Å². The largest absolute Gasteiger partial charge is 0.323 e. The number of nitrogens with zero attached hydrogens (tertiary/aromatic N) is 4. The Morgan fingerprint density at radius 1 is 1.07 bits per heavy atom. The number of H-pyrrole nitrogens is 1. The molecule has 0 aliphatic rings. The van der Waals surface area contributed by atoms with Crippen molar-refractivity contribution < 1.29 is 4.79 Å². The lowest BCUT2D eigenvalue weighted by Crippen LogP contribution is -2.07. The van der Waals surface area contributed by atoms with Crippen LogP contribution in [0.1, 0.15) is 5.69 Å². The molecule has 1 amide bonds. The van der Waals surface area contributed by atoms with Crippen LogP contribution in [-0.2, 0) is 4.79 Å². The number of rotatable bonds is 4. The van der Waals surface area contributed by atoms with E-state index in [9.17, 15) is 4.79 Å². The number of aromatic nitrogens is 5. The van der Waals surface area contributed by atoms with E-state index < -0.39 is 0 Å². The minimum Gasteiger partial charge on any atom is -0.323 e. The van der Waals surface area contributed by atoms with Gasteiger partial charge in [-0.05, 0) is 53.8 Å². The van der Waals surface area contributed by atoms with Gasteiger partial charge in [-0.25, -0.2) is 4.98 Å². The van der Waals surface area contributed by atoms with Crippen LogP contribution in [0, 0.1) is 0 Å². The monoisotopic (exact) mass is 376 g/mol. The molecule has 0 fully saturated rings. The van der Waals surface area contributed by atoms with Crippen molar-refractivity contribution in [2.45, 2.75) is 0 Å². The van der Waals surface area contributed by atoms with Gasteiger partial charge in [0.05, 0.1) is 11.2 Å². The van der Waals surface area contributed by atoms with E-state index in [1.54, 1.807) is 36.4 Å². The molecule has 4 rings (SSSR count). The van der Waals surface area contributed by atoms with Crippen LogP contribution in [0.25, 0.3) is 28.4 Å². The van der Waals surface area contributed by atoms with E-state index in [1.165, 1.54) is 6.08 Å². The minimum absolute atomic E-state index is 0.254. The van der Waals surface area contributed by atoms with Crippen molar-refractivity contribution in [3.05, 3.63) is 71.4 Å². The van der Waals surface area contributed by atoms with Gasteiger partial charge in [0.15, 0.2) is 0 Å². The van der Waals surface area contributed by atoms with Gasteiger partial charge in [-0.3, -0.25) is 4.79 Å². The lowest BCUT2D eigenvalue weighted by molar-refractivity contribution is -0.111.